The molecule has 0 spiro atoms. The van der Waals surface area contributed by atoms with E-state index in [-0.39, 0.29) is 118 Å². The Morgan fingerprint density at radius 1 is 0.689 bits per heavy atom. The molecular weight excluding hydrogens is 1470 g/mol. The van der Waals surface area contributed by atoms with E-state index in [0.29, 0.717) is 32.5 Å². The molecule has 0 aromatic heterocycles. The molecule has 2 aliphatic heterocycles. The molecule has 2 saturated heterocycles. The van der Waals surface area contributed by atoms with Crippen LogP contribution in [0.4, 0.5) is 9.59 Å². The summed E-state index contributed by atoms with van der Waals surface area (Å²) in [5.41, 5.74) is -3.01. The molecular formula is C27H51N3O8Si2W5. The van der Waals surface area contributed by atoms with Crippen LogP contribution in [0.25, 0.3) is 4.85 Å². The first-order valence-corrected chi connectivity index (χ1v) is 20.5. The Balaban J connectivity index is -0.000000214. The molecule has 2 aliphatic rings. The van der Waals surface area contributed by atoms with Crippen molar-refractivity contribution in [3.8, 4) is 0 Å². The van der Waals surface area contributed by atoms with E-state index in [1.165, 1.54) is 12.0 Å². The average molecular weight is 1520 g/mol. The van der Waals surface area contributed by atoms with Gasteiger partial charge in [-0.3, -0.25) is 9.74 Å². The van der Waals surface area contributed by atoms with Gasteiger partial charge in [-0.15, -0.1) is 0 Å². The molecule has 0 bridgehead atoms. The standard InChI is InChI=1S/C14H27NO5Si.C13H24N2O3Si.5W/c1-13(2,3)19-12(17)15-9-8-14(10-15,11(16)18-4)20-21(5,6)7;1-12(2,3)17-11(16)15-9-8-13(10-15,14-4)18-19(5,6)7;;;;;/h8-10H2,1-7H3;8-10H2,1-3,5-7H3;;;;;. The van der Waals surface area contributed by atoms with Gasteiger partial charge >= 0.3 is 23.9 Å². The fourth-order valence-corrected chi connectivity index (χ4v) is 7.12. The molecule has 0 aliphatic carbocycles. The van der Waals surface area contributed by atoms with Crippen molar-refractivity contribution in [1.29, 1.82) is 0 Å². The molecule has 2 amide bonds. The van der Waals surface area contributed by atoms with Crippen LogP contribution in [0.5, 0.6) is 0 Å². The summed E-state index contributed by atoms with van der Waals surface area (Å²) in [6.45, 7) is 31.9. The van der Waals surface area contributed by atoms with Crippen molar-refractivity contribution in [2.75, 3.05) is 33.3 Å². The van der Waals surface area contributed by atoms with Crippen molar-refractivity contribution < 1.29 is 143 Å². The molecule has 18 heteroatoms. The Hall–Kier alpha value is 1.30. The molecule has 0 N–H and O–H groups in total. The van der Waals surface area contributed by atoms with Crippen LogP contribution in [-0.4, -0.2) is 100 Å². The first-order chi connectivity index (χ1) is 17.8. The molecule has 260 valence electrons. The van der Waals surface area contributed by atoms with E-state index in [1.807, 2.05) is 61.2 Å². The molecule has 0 radical (unpaired) electrons. The predicted octanol–water partition coefficient (Wildman–Crippen LogP) is 5.47. The maximum absolute atomic E-state index is 12.2. The number of rotatable bonds is 5. The number of carbonyl (C=O) groups is 3. The van der Waals surface area contributed by atoms with Gasteiger partial charge in [0.2, 0.25) is 0 Å². The summed E-state index contributed by atoms with van der Waals surface area (Å²) < 4.78 is 27.6. The quantitative estimate of drug-likeness (QED) is 0.155. The van der Waals surface area contributed by atoms with E-state index in [4.69, 9.17) is 29.6 Å². The van der Waals surface area contributed by atoms with Crippen molar-refractivity contribution in [2.24, 2.45) is 0 Å². The number of hydrogen-bond acceptors (Lipinski definition) is 8. The van der Waals surface area contributed by atoms with Gasteiger partial charge in [-0.1, -0.05) is 0 Å². The number of hydrogen-bond donors (Lipinski definition) is 0. The monoisotopic (exact) mass is 1520 g/mol. The van der Waals surface area contributed by atoms with E-state index in [0.717, 1.165) is 0 Å². The molecule has 2 unspecified atom stereocenters. The fourth-order valence-electron chi connectivity index (χ4n) is 4.34. The average Bonchev–Trinajstić information content (AvgIpc) is 3.35. The molecule has 2 atom stereocenters. The first kappa shape index (κ1) is 55.7. The van der Waals surface area contributed by atoms with E-state index in [9.17, 15) is 14.4 Å². The summed E-state index contributed by atoms with van der Waals surface area (Å²) in [4.78, 5) is 43.0. The second-order valence-corrected chi connectivity index (χ2v) is 23.1. The second-order valence-electron chi connectivity index (χ2n) is 14.3. The zero-order chi connectivity index (χ0) is 31.4. The number of likely N-dealkylation sites (tertiary alicyclic amines) is 2. The van der Waals surface area contributed by atoms with Crippen molar-refractivity contribution >= 4 is 34.8 Å². The molecule has 2 rings (SSSR count). The van der Waals surface area contributed by atoms with E-state index in [1.54, 1.807) is 4.90 Å². The Kier molecular flexibility index (Phi) is 26.6. The minimum atomic E-state index is -1.96. The number of nitrogens with zero attached hydrogens (tertiary/aromatic N) is 3. The van der Waals surface area contributed by atoms with Gasteiger partial charge in [-0.25, -0.2) is 21.0 Å². The minimum absolute atomic E-state index is 0. The third-order valence-electron chi connectivity index (χ3n) is 5.50. The van der Waals surface area contributed by atoms with Crippen LogP contribution in [0.2, 0.25) is 39.3 Å². The van der Waals surface area contributed by atoms with Crippen LogP contribution in [0.15, 0.2) is 0 Å². The van der Waals surface area contributed by atoms with Crippen LogP contribution in [0, 0.1) is 6.57 Å². The molecule has 0 aromatic rings. The molecule has 45 heavy (non-hydrogen) atoms. The van der Waals surface area contributed by atoms with Crippen molar-refractivity contribution in [1.82, 2.24) is 9.80 Å². The van der Waals surface area contributed by atoms with E-state index >= 15 is 0 Å². The summed E-state index contributed by atoms with van der Waals surface area (Å²) in [5, 5.41) is 0. The minimum Gasteiger partial charge on any atom is -0.467 e. The van der Waals surface area contributed by atoms with Crippen LogP contribution in [0.3, 0.4) is 0 Å². The summed E-state index contributed by atoms with van der Waals surface area (Å²) in [6.07, 6.45) is 0.202. The van der Waals surface area contributed by atoms with Gasteiger partial charge in [0.15, 0.2) is 22.2 Å². The SMILES string of the molecule is COC(=O)C1(O[Si](C)(C)C)CCN(C(=O)OC(C)(C)C)C1.[C-]#[N+]C1(O[Si](C)(C)C)CCN(C(=O)OC(C)(C)C)C1.[W].[W].[W].[W].[W]. The Labute approximate surface area is 344 Å². The van der Waals surface area contributed by atoms with E-state index in [2.05, 4.69) is 24.5 Å². The summed E-state index contributed by atoms with van der Waals surface area (Å²) in [5.74, 6) is -0.420. The third-order valence-corrected chi connectivity index (χ3v) is 7.50. The predicted molar refractivity (Wildman–Crippen MR) is 158 cm³/mol. The number of methoxy groups -OCH3 is 1. The maximum Gasteiger partial charge on any atom is 0.410 e. The maximum atomic E-state index is 12.2. The number of amides is 2. The molecule has 2 heterocycles. The topological polar surface area (TPSA) is 108 Å². The van der Waals surface area contributed by atoms with Gasteiger partial charge in [0.1, 0.15) is 17.7 Å². The fraction of sp³-hybridized carbons (Fsp3) is 0.852. The van der Waals surface area contributed by atoms with Crippen LogP contribution in [0.1, 0.15) is 54.4 Å². The van der Waals surface area contributed by atoms with Crippen molar-refractivity contribution in [3.63, 3.8) is 0 Å². The number of carbonyl (C=O) groups excluding carboxylic acids is 3. The zero-order valence-electron chi connectivity index (χ0n) is 28.9. The Bertz CT molecular complexity index is 982. The van der Waals surface area contributed by atoms with Crippen LogP contribution in [-0.2, 0) is 133 Å². The number of ether oxygens (including phenoxy) is 3. The Morgan fingerprint density at radius 3 is 1.40 bits per heavy atom. The van der Waals surface area contributed by atoms with Gasteiger partial charge in [0, 0.05) is 125 Å². The van der Waals surface area contributed by atoms with Gasteiger partial charge < -0.3 is 28.0 Å². The summed E-state index contributed by atoms with van der Waals surface area (Å²) in [6, 6.07) is 0. The molecule has 11 nitrogen and oxygen atoms in total. The largest absolute Gasteiger partial charge is 0.467 e. The van der Waals surface area contributed by atoms with Gasteiger partial charge in [-0.05, 0) is 80.8 Å². The normalized spacial score (nSPS) is 21.0. The van der Waals surface area contributed by atoms with Gasteiger partial charge in [-0.2, -0.15) is 0 Å². The van der Waals surface area contributed by atoms with Crippen LogP contribution < -0.4 is 0 Å². The van der Waals surface area contributed by atoms with E-state index < -0.39 is 51.2 Å². The van der Waals surface area contributed by atoms with Gasteiger partial charge in [0.25, 0.3) is 0 Å². The summed E-state index contributed by atoms with van der Waals surface area (Å²) >= 11 is 0. The summed E-state index contributed by atoms with van der Waals surface area (Å²) in [7, 11) is -2.44. The zero-order valence-corrected chi connectivity index (χ0v) is 45.6. The molecule has 2 fully saturated rings. The molecule has 0 aromatic carbocycles. The van der Waals surface area contributed by atoms with Crippen molar-refractivity contribution in [2.45, 2.75) is 116 Å². The number of esters is 1. The Morgan fingerprint density at radius 2 is 1.07 bits per heavy atom. The third kappa shape index (κ3) is 20.5. The first-order valence-electron chi connectivity index (χ1n) is 13.7. The van der Waals surface area contributed by atoms with Crippen LogP contribution >= 0.6 is 0 Å². The molecule has 0 saturated carbocycles. The van der Waals surface area contributed by atoms with Crippen molar-refractivity contribution in [3.05, 3.63) is 11.4 Å². The smallest absolute Gasteiger partial charge is 0.410 e. The second kappa shape index (κ2) is 21.5. The van der Waals surface area contributed by atoms with Gasteiger partial charge in [0.05, 0.1) is 20.1 Å².